The minimum atomic E-state index is -0.784. The van der Waals surface area contributed by atoms with Crippen LogP contribution in [0.1, 0.15) is 48.9 Å². The number of methoxy groups -OCH3 is 1. The number of nitrogens with one attached hydrogen (secondary N) is 1. The summed E-state index contributed by atoms with van der Waals surface area (Å²) in [5, 5.41) is 12.0. The van der Waals surface area contributed by atoms with Crippen molar-refractivity contribution in [1.82, 2.24) is 5.32 Å². The van der Waals surface area contributed by atoms with Gasteiger partial charge in [-0.2, -0.15) is 0 Å². The van der Waals surface area contributed by atoms with E-state index < -0.39 is 5.97 Å². The van der Waals surface area contributed by atoms with Crippen LogP contribution in [-0.2, 0) is 9.59 Å². The van der Waals surface area contributed by atoms with Crippen molar-refractivity contribution >= 4 is 17.7 Å². The fraction of sp³-hybridized carbons (Fsp3) is 0.526. The van der Waals surface area contributed by atoms with Crippen LogP contribution in [0.15, 0.2) is 24.3 Å². The molecule has 0 aliphatic heterocycles. The van der Waals surface area contributed by atoms with Gasteiger partial charge in [-0.1, -0.05) is 12.8 Å². The van der Waals surface area contributed by atoms with Crippen LogP contribution < -0.4 is 10.1 Å². The number of carbonyl (C=O) groups is 3. The molecule has 0 heterocycles. The molecule has 25 heavy (non-hydrogen) atoms. The zero-order valence-corrected chi connectivity index (χ0v) is 14.5. The van der Waals surface area contributed by atoms with Crippen LogP contribution in [0, 0.1) is 11.8 Å². The summed E-state index contributed by atoms with van der Waals surface area (Å²) in [4.78, 5) is 35.3. The third-order valence-corrected chi connectivity index (χ3v) is 4.78. The molecule has 2 N–H and O–H groups in total. The highest BCUT2D eigenvalue weighted by Gasteiger charge is 2.30. The van der Waals surface area contributed by atoms with Gasteiger partial charge in [-0.05, 0) is 43.0 Å². The topological polar surface area (TPSA) is 92.7 Å². The number of carbonyl (C=O) groups excluding carboxylic acids is 2. The monoisotopic (exact) mass is 347 g/mol. The molecule has 0 bridgehead atoms. The predicted molar refractivity (Wildman–Crippen MR) is 92.7 cm³/mol. The number of rotatable bonds is 8. The lowest BCUT2D eigenvalue weighted by molar-refractivity contribution is -0.145. The van der Waals surface area contributed by atoms with E-state index in [2.05, 4.69) is 5.32 Å². The molecular weight excluding hydrogens is 322 g/mol. The van der Waals surface area contributed by atoms with E-state index >= 15 is 0 Å². The van der Waals surface area contributed by atoms with E-state index in [1.165, 1.54) is 0 Å². The maximum atomic E-state index is 12.1. The summed E-state index contributed by atoms with van der Waals surface area (Å²) in [5.41, 5.74) is 0.548. The number of hydrogen-bond donors (Lipinski definition) is 2. The molecule has 1 aromatic rings. The van der Waals surface area contributed by atoms with Gasteiger partial charge in [0, 0.05) is 24.9 Å². The molecule has 0 unspecified atom stereocenters. The van der Waals surface area contributed by atoms with Crippen LogP contribution in [0.2, 0.25) is 0 Å². The Morgan fingerprint density at radius 1 is 1.12 bits per heavy atom. The highest BCUT2D eigenvalue weighted by atomic mass is 16.5. The average Bonchev–Trinajstić information content (AvgIpc) is 2.64. The first kappa shape index (κ1) is 19.0. The normalized spacial score (nSPS) is 19.9. The quantitative estimate of drug-likeness (QED) is 0.705. The number of carboxylic acids is 1. The van der Waals surface area contributed by atoms with Gasteiger partial charge in [0.2, 0.25) is 5.91 Å². The van der Waals surface area contributed by atoms with Crippen molar-refractivity contribution < 1.29 is 24.2 Å². The van der Waals surface area contributed by atoms with Crippen LogP contribution >= 0.6 is 0 Å². The lowest BCUT2D eigenvalue weighted by atomic mass is 9.79. The fourth-order valence-electron chi connectivity index (χ4n) is 3.26. The van der Waals surface area contributed by atoms with Crippen molar-refractivity contribution in [2.45, 2.75) is 38.5 Å². The Balaban J connectivity index is 1.76. The van der Waals surface area contributed by atoms with Crippen LogP contribution in [0.3, 0.4) is 0 Å². The SMILES string of the molecule is COc1ccc(C(=O)CCC(=O)NC[C@@H]2CCCC[C@@H]2C(=O)O)cc1. The first-order valence-corrected chi connectivity index (χ1v) is 8.68. The van der Waals surface area contributed by atoms with Crippen molar-refractivity contribution in [3.05, 3.63) is 29.8 Å². The fourth-order valence-corrected chi connectivity index (χ4v) is 3.26. The number of hydrogen-bond acceptors (Lipinski definition) is 4. The summed E-state index contributed by atoms with van der Waals surface area (Å²) < 4.78 is 5.04. The van der Waals surface area contributed by atoms with Gasteiger partial charge in [-0.15, -0.1) is 0 Å². The van der Waals surface area contributed by atoms with Crippen molar-refractivity contribution in [2.75, 3.05) is 13.7 Å². The zero-order valence-electron chi connectivity index (χ0n) is 14.5. The van der Waals surface area contributed by atoms with E-state index in [0.717, 1.165) is 19.3 Å². The molecule has 0 radical (unpaired) electrons. The molecule has 0 aromatic heterocycles. The molecule has 6 heteroatoms. The van der Waals surface area contributed by atoms with Crippen LogP contribution in [0.25, 0.3) is 0 Å². The van der Waals surface area contributed by atoms with Gasteiger partial charge in [0.15, 0.2) is 5.78 Å². The number of Topliss-reactive ketones (excluding diaryl/α,β-unsaturated/α-hetero) is 1. The molecule has 1 fully saturated rings. The van der Waals surface area contributed by atoms with Gasteiger partial charge in [0.25, 0.3) is 0 Å². The third kappa shape index (κ3) is 5.59. The van der Waals surface area contributed by atoms with E-state index in [9.17, 15) is 19.5 Å². The molecule has 136 valence electrons. The smallest absolute Gasteiger partial charge is 0.306 e. The van der Waals surface area contributed by atoms with E-state index in [4.69, 9.17) is 4.74 Å². The van der Waals surface area contributed by atoms with Crippen LogP contribution in [-0.4, -0.2) is 36.4 Å². The van der Waals surface area contributed by atoms with Gasteiger partial charge >= 0.3 is 5.97 Å². The molecule has 0 spiro atoms. The first-order valence-electron chi connectivity index (χ1n) is 8.68. The van der Waals surface area contributed by atoms with Crippen molar-refractivity contribution in [1.29, 1.82) is 0 Å². The maximum absolute atomic E-state index is 12.1. The van der Waals surface area contributed by atoms with Crippen molar-refractivity contribution in [3.63, 3.8) is 0 Å². The second-order valence-corrected chi connectivity index (χ2v) is 6.45. The summed E-state index contributed by atoms with van der Waals surface area (Å²) in [6.45, 7) is 0.368. The lowest BCUT2D eigenvalue weighted by Gasteiger charge is -2.28. The molecule has 1 aliphatic carbocycles. The Morgan fingerprint density at radius 2 is 1.80 bits per heavy atom. The van der Waals surface area contributed by atoms with Gasteiger partial charge in [-0.25, -0.2) is 0 Å². The summed E-state index contributed by atoms with van der Waals surface area (Å²) >= 11 is 0. The van der Waals surface area contributed by atoms with E-state index in [0.29, 0.717) is 24.3 Å². The maximum Gasteiger partial charge on any atom is 0.306 e. The standard InChI is InChI=1S/C19H25NO5/c1-25-15-8-6-13(7-9-15)17(21)10-11-18(22)20-12-14-4-2-3-5-16(14)19(23)24/h6-9,14,16H,2-5,10-12H2,1H3,(H,20,22)(H,23,24)/t14-,16-/m0/s1. The minimum absolute atomic E-state index is 0.0208. The van der Waals surface area contributed by atoms with E-state index in [1.807, 2.05) is 0 Å². The summed E-state index contributed by atoms with van der Waals surface area (Å²) in [5.74, 6) is -0.818. The Kier molecular flexibility index (Phi) is 6.98. The van der Waals surface area contributed by atoms with E-state index in [1.54, 1.807) is 31.4 Å². The highest BCUT2D eigenvalue weighted by Crippen LogP contribution is 2.29. The number of amides is 1. The molecule has 1 aromatic carbocycles. The number of benzene rings is 1. The number of ether oxygens (including phenoxy) is 1. The molecule has 0 saturated heterocycles. The van der Waals surface area contributed by atoms with Crippen molar-refractivity contribution in [3.8, 4) is 5.75 Å². The summed E-state index contributed by atoms with van der Waals surface area (Å²) in [6, 6.07) is 6.78. The number of ketones is 1. The van der Waals surface area contributed by atoms with E-state index in [-0.39, 0.29) is 36.4 Å². The first-order chi connectivity index (χ1) is 12.0. The number of aliphatic carboxylic acids is 1. The zero-order chi connectivity index (χ0) is 18.2. The molecule has 1 saturated carbocycles. The lowest BCUT2D eigenvalue weighted by Crippen LogP contribution is -2.37. The molecule has 1 amide bonds. The Morgan fingerprint density at radius 3 is 2.44 bits per heavy atom. The van der Waals surface area contributed by atoms with Gasteiger partial charge in [-0.3, -0.25) is 14.4 Å². The molecule has 2 rings (SSSR count). The Labute approximate surface area is 147 Å². The molecule has 6 nitrogen and oxygen atoms in total. The molecular formula is C19H25NO5. The molecule has 2 atom stereocenters. The Bertz CT molecular complexity index is 611. The van der Waals surface area contributed by atoms with Gasteiger partial charge in [0.1, 0.15) is 5.75 Å². The second-order valence-electron chi connectivity index (χ2n) is 6.45. The second kappa shape index (κ2) is 9.20. The van der Waals surface area contributed by atoms with Crippen molar-refractivity contribution in [2.24, 2.45) is 11.8 Å². The van der Waals surface area contributed by atoms with Crippen LogP contribution in [0.4, 0.5) is 0 Å². The minimum Gasteiger partial charge on any atom is -0.497 e. The predicted octanol–water partition coefficient (Wildman–Crippen LogP) is 2.67. The molecule has 1 aliphatic rings. The summed E-state index contributed by atoms with van der Waals surface area (Å²) in [6.07, 6.45) is 3.66. The van der Waals surface area contributed by atoms with Crippen LogP contribution in [0.5, 0.6) is 5.75 Å². The largest absolute Gasteiger partial charge is 0.497 e. The van der Waals surface area contributed by atoms with Gasteiger partial charge in [0.05, 0.1) is 13.0 Å². The van der Waals surface area contributed by atoms with Gasteiger partial charge < -0.3 is 15.2 Å². The third-order valence-electron chi connectivity index (χ3n) is 4.78. The summed E-state index contributed by atoms with van der Waals surface area (Å²) in [7, 11) is 1.56. The average molecular weight is 347 g/mol. The highest BCUT2D eigenvalue weighted by molar-refractivity contribution is 5.98. The Hall–Kier alpha value is -2.37. The number of carboxylic acid groups (broad SMARTS) is 1.